The lowest BCUT2D eigenvalue weighted by Crippen LogP contribution is -2.49. The molecule has 11 heteroatoms. The van der Waals surface area contributed by atoms with E-state index in [1.54, 1.807) is 18.2 Å². The summed E-state index contributed by atoms with van der Waals surface area (Å²) in [5.74, 6) is -0.286. The van der Waals surface area contributed by atoms with Crippen LogP contribution in [0.25, 0.3) is 0 Å². The van der Waals surface area contributed by atoms with Gasteiger partial charge >= 0.3 is 0 Å². The molecular weight excluding hydrogens is 595 g/mol. The molecule has 1 aliphatic rings. The average molecular weight is 636 g/mol. The van der Waals surface area contributed by atoms with Crippen molar-refractivity contribution in [1.82, 2.24) is 10.6 Å². The van der Waals surface area contributed by atoms with E-state index in [4.69, 9.17) is 11.6 Å². The van der Waals surface area contributed by atoms with Gasteiger partial charge in [0.25, 0.3) is 5.91 Å². The van der Waals surface area contributed by atoms with Crippen LogP contribution in [0, 0.1) is 0 Å². The Labute approximate surface area is 260 Å². The van der Waals surface area contributed by atoms with Crippen molar-refractivity contribution in [3.8, 4) is 0 Å². The summed E-state index contributed by atoms with van der Waals surface area (Å²) >= 11 is 6.26. The van der Waals surface area contributed by atoms with E-state index in [1.165, 1.54) is 4.31 Å². The van der Waals surface area contributed by atoms with Crippen LogP contribution in [0.1, 0.15) is 41.3 Å². The third-order valence-electron chi connectivity index (χ3n) is 7.16. The largest absolute Gasteiger partial charge is 0.390 e. The number of nitrogens with zero attached hydrogens (tertiary/aromatic N) is 1. The molecule has 0 saturated carbocycles. The van der Waals surface area contributed by atoms with Crippen LogP contribution in [0.5, 0.6) is 0 Å². The van der Waals surface area contributed by atoms with E-state index in [1.807, 2.05) is 61.5 Å². The van der Waals surface area contributed by atoms with Gasteiger partial charge in [0.05, 0.1) is 23.6 Å². The number of aliphatic hydroxyl groups is 1. The minimum atomic E-state index is -3.45. The lowest BCUT2D eigenvalue weighted by atomic mass is 10.00. The summed E-state index contributed by atoms with van der Waals surface area (Å²) in [6.45, 7) is 3.83. The molecule has 0 bridgehead atoms. The number of hydrogen-bond acceptors (Lipinski definition) is 6. The molecule has 1 heterocycles. The fraction of sp³-hybridized carbons (Fsp3) is 0.387. The minimum Gasteiger partial charge on any atom is -0.390 e. The first-order chi connectivity index (χ1) is 19.8. The summed E-state index contributed by atoms with van der Waals surface area (Å²) in [5, 5.41) is 21.4. The Morgan fingerprint density at radius 1 is 1.05 bits per heavy atom. The maximum atomic E-state index is 13.6. The number of nitrogens with one attached hydrogen (secondary N) is 3. The highest BCUT2D eigenvalue weighted by Crippen LogP contribution is 2.28. The first kappa shape index (κ1) is 33.7. The van der Waals surface area contributed by atoms with Crippen LogP contribution in [0.4, 0.5) is 11.4 Å². The number of anilines is 2. The Balaban J connectivity index is 0.00000484. The number of halogens is 2. The predicted molar refractivity (Wildman–Crippen MR) is 174 cm³/mol. The van der Waals surface area contributed by atoms with Gasteiger partial charge in [-0.3, -0.25) is 9.10 Å². The number of rotatable bonds is 13. The number of sulfonamides is 1. The zero-order valence-electron chi connectivity index (χ0n) is 23.8. The van der Waals surface area contributed by atoms with Crippen molar-refractivity contribution in [2.75, 3.05) is 41.6 Å². The summed E-state index contributed by atoms with van der Waals surface area (Å²) in [4.78, 5) is 13.6. The Morgan fingerprint density at radius 2 is 1.79 bits per heavy atom. The Kier molecular flexibility index (Phi) is 12.9. The number of carbonyl (C=O) groups excluding carboxylic acids is 1. The van der Waals surface area contributed by atoms with Gasteiger partial charge in [0.2, 0.25) is 10.0 Å². The molecule has 228 valence electrons. The van der Waals surface area contributed by atoms with Crippen molar-refractivity contribution in [1.29, 1.82) is 0 Å². The molecule has 1 amide bonds. The molecule has 0 unspecified atom stereocenters. The van der Waals surface area contributed by atoms with E-state index in [0.717, 1.165) is 17.5 Å². The van der Waals surface area contributed by atoms with Gasteiger partial charge in [0.1, 0.15) is 0 Å². The van der Waals surface area contributed by atoms with Crippen LogP contribution in [-0.2, 0) is 22.9 Å². The van der Waals surface area contributed by atoms with E-state index >= 15 is 0 Å². The third kappa shape index (κ3) is 9.34. The summed E-state index contributed by atoms with van der Waals surface area (Å²) in [6, 6.07) is 21.9. The molecule has 1 saturated heterocycles. The number of hydrogen-bond donors (Lipinski definition) is 4. The van der Waals surface area contributed by atoms with Crippen molar-refractivity contribution < 1.29 is 18.3 Å². The molecule has 1 fully saturated rings. The maximum Gasteiger partial charge on any atom is 0.251 e. The molecule has 3 aromatic rings. The van der Waals surface area contributed by atoms with Gasteiger partial charge in [-0.1, -0.05) is 60.1 Å². The maximum absolute atomic E-state index is 13.6. The molecule has 1 aliphatic heterocycles. The topological polar surface area (TPSA) is 111 Å². The SMILES string of the molecule is CCNc1cc(C(=O)N[C@@H](Cc2ccccc2)[C@H](O)CNCCc2ccccc2Cl)cc(N2CCCCS2(=O)=O)c1.Cl. The van der Waals surface area contributed by atoms with Crippen LogP contribution >= 0.6 is 24.0 Å². The zero-order chi connectivity index (χ0) is 29.2. The quantitative estimate of drug-likeness (QED) is 0.204. The second-order valence-electron chi connectivity index (χ2n) is 10.3. The van der Waals surface area contributed by atoms with Gasteiger partial charge in [0, 0.05) is 35.9 Å². The monoisotopic (exact) mass is 634 g/mol. The summed E-state index contributed by atoms with van der Waals surface area (Å²) in [6.07, 6.45) is 1.66. The van der Waals surface area contributed by atoms with Crippen molar-refractivity contribution in [2.24, 2.45) is 0 Å². The van der Waals surface area contributed by atoms with Crippen LogP contribution in [-0.4, -0.2) is 63.5 Å². The van der Waals surface area contributed by atoms with Crippen LogP contribution in [0.3, 0.4) is 0 Å². The van der Waals surface area contributed by atoms with E-state index in [9.17, 15) is 18.3 Å². The Bertz CT molecular complexity index is 1410. The van der Waals surface area contributed by atoms with E-state index < -0.39 is 22.2 Å². The fourth-order valence-electron chi connectivity index (χ4n) is 4.99. The molecule has 42 heavy (non-hydrogen) atoms. The first-order valence-corrected chi connectivity index (χ1v) is 16.1. The molecule has 0 radical (unpaired) electrons. The van der Waals surface area contributed by atoms with Gasteiger partial charge in [-0.05, 0) is 74.5 Å². The minimum absolute atomic E-state index is 0. The van der Waals surface area contributed by atoms with Crippen molar-refractivity contribution in [3.63, 3.8) is 0 Å². The zero-order valence-corrected chi connectivity index (χ0v) is 26.1. The van der Waals surface area contributed by atoms with E-state index in [2.05, 4.69) is 16.0 Å². The first-order valence-electron chi connectivity index (χ1n) is 14.1. The van der Waals surface area contributed by atoms with Gasteiger partial charge in [-0.2, -0.15) is 0 Å². The average Bonchev–Trinajstić information content (AvgIpc) is 2.96. The number of carbonyl (C=O) groups is 1. The number of amides is 1. The molecular formula is C31H40Cl2N4O4S. The summed E-state index contributed by atoms with van der Waals surface area (Å²) in [5.41, 5.74) is 3.47. The lowest BCUT2D eigenvalue weighted by molar-refractivity contribution is 0.0831. The smallest absolute Gasteiger partial charge is 0.251 e. The van der Waals surface area contributed by atoms with Crippen LogP contribution < -0.4 is 20.3 Å². The molecule has 8 nitrogen and oxygen atoms in total. The van der Waals surface area contributed by atoms with Gasteiger partial charge < -0.3 is 21.1 Å². The standard InChI is InChI=1S/C31H39ClN4O4S.ClH/c1-2-34-26-19-25(20-27(21-26)36-16-8-9-17-41(36,39)40)31(38)35-29(18-23-10-4-3-5-11-23)30(37)22-33-15-14-24-12-6-7-13-28(24)32;/h3-7,10-13,19-21,29-30,33-34,37H,2,8-9,14-18,22H2,1H3,(H,35,38);1H/t29-,30+;/m0./s1. The van der Waals surface area contributed by atoms with E-state index in [0.29, 0.717) is 60.9 Å². The second kappa shape index (κ2) is 16.1. The predicted octanol–water partition coefficient (Wildman–Crippen LogP) is 4.66. The highest BCUT2D eigenvalue weighted by atomic mass is 35.5. The highest BCUT2D eigenvalue weighted by Gasteiger charge is 2.28. The molecule has 0 aliphatic carbocycles. The molecule has 4 N–H and O–H groups in total. The number of benzene rings is 3. The number of aliphatic hydroxyl groups excluding tert-OH is 1. The van der Waals surface area contributed by atoms with Gasteiger partial charge in [0.15, 0.2) is 0 Å². The van der Waals surface area contributed by atoms with E-state index in [-0.39, 0.29) is 30.6 Å². The second-order valence-corrected chi connectivity index (χ2v) is 12.7. The third-order valence-corrected chi connectivity index (χ3v) is 9.40. The molecule has 3 aromatic carbocycles. The Hall–Kier alpha value is -2.82. The lowest BCUT2D eigenvalue weighted by Gasteiger charge is -2.29. The van der Waals surface area contributed by atoms with Gasteiger partial charge in [-0.15, -0.1) is 12.4 Å². The normalized spacial score (nSPS) is 15.7. The van der Waals surface area contributed by atoms with Crippen molar-refractivity contribution in [2.45, 2.75) is 44.8 Å². The molecule has 4 rings (SSSR count). The summed E-state index contributed by atoms with van der Waals surface area (Å²) in [7, 11) is -3.45. The van der Waals surface area contributed by atoms with Crippen LogP contribution in [0.15, 0.2) is 72.8 Å². The summed E-state index contributed by atoms with van der Waals surface area (Å²) < 4.78 is 27.0. The van der Waals surface area contributed by atoms with Gasteiger partial charge in [-0.25, -0.2) is 8.42 Å². The Morgan fingerprint density at radius 3 is 2.50 bits per heavy atom. The van der Waals surface area contributed by atoms with Crippen molar-refractivity contribution in [3.05, 3.63) is 94.5 Å². The fourth-order valence-corrected chi connectivity index (χ4v) is 6.84. The molecule has 2 atom stereocenters. The molecule has 0 aromatic heterocycles. The van der Waals surface area contributed by atoms with Crippen LogP contribution in [0.2, 0.25) is 5.02 Å². The highest BCUT2D eigenvalue weighted by molar-refractivity contribution is 7.92. The molecule has 0 spiro atoms. The van der Waals surface area contributed by atoms with Crippen molar-refractivity contribution >= 4 is 51.3 Å².